The van der Waals surface area contributed by atoms with Gasteiger partial charge in [-0.2, -0.15) is 5.10 Å². The van der Waals surface area contributed by atoms with Crippen LogP contribution in [0.1, 0.15) is 10.4 Å². The number of ether oxygens (including phenoxy) is 4. The van der Waals surface area contributed by atoms with E-state index in [4.69, 9.17) is 24.0 Å². The third kappa shape index (κ3) is 5.55. The normalized spacial score (nSPS) is 10.5. The Hall–Kier alpha value is -4.46. The van der Waals surface area contributed by atoms with Crippen molar-refractivity contribution in [3.8, 4) is 39.9 Å². The van der Waals surface area contributed by atoms with E-state index >= 15 is 0 Å². The highest BCUT2D eigenvalue weighted by Crippen LogP contribution is 2.33. The van der Waals surface area contributed by atoms with Crippen LogP contribution in [-0.4, -0.2) is 50.2 Å². The molecule has 180 valence electrons. The van der Waals surface area contributed by atoms with E-state index < -0.39 is 0 Å². The van der Waals surface area contributed by atoms with Crippen LogP contribution in [0.3, 0.4) is 0 Å². The van der Waals surface area contributed by atoms with Gasteiger partial charge in [0.15, 0.2) is 11.5 Å². The van der Waals surface area contributed by atoms with Crippen molar-refractivity contribution in [1.82, 2.24) is 15.1 Å². The molecule has 0 spiro atoms. The molecule has 0 saturated heterocycles. The molecular weight excluding hydrogens is 446 g/mol. The minimum absolute atomic E-state index is 0.258. The zero-order valence-corrected chi connectivity index (χ0v) is 19.9. The summed E-state index contributed by atoms with van der Waals surface area (Å²) in [6, 6.07) is 22.4. The second-order valence-corrected chi connectivity index (χ2v) is 7.52. The van der Waals surface area contributed by atoms with Crippen LogP contribution in [0.2, 0.25) is 0 Å². The SMILES string of the molecule is COc1cccc(OCCNC(=O)c2cn(-c3ccccc3)nc2-c2ccc(OC)c(OC)c2)c1. The number of aromatic nitrogens is 2. The first-order chi connectivity index (χ1) is 17.1. The number of rotatable bonds is 10. The minimum Gasteiger partial charge on any atom is -0.497 e. The summed E-state index contributed by atoms with van der Waals surface area (Å²) in [5.74, 6) is 2.27. The molecule has 1 amide bonds. The fraction of sp³-hybridized carbons (Fsp3) is 0.185. The van der Waals surface area contributed by atoms with Gasteiger partial charge in [0, 0.05) is 17.8 Å². The molecule has 35 heavy (non-hydrogen) atoms. The highest BCUT2D eigenvalue weighted by molar-refractivity contribution is 6.00. The van der Waals surface area contributed by atoms with Gasteiger partial charge in [-0.05, 0) is 42.5 Å². The molecule has 1 heterocycles. The highest BCUT2D eigenvalue weighted by Gasteiger charge is 2.20. The Morgan fingerprint density at radius 3 is 2.37 bits per heavy atom. The van der Waals surface area contributed by atoms with Crippen molar-refractivity contribution >= 4 is 5.91 Å². The summed E-state index contributed by atoms with van der Waals surface area (Å²) in [7, 11) is 4.75. The molecule has 0 unspecified atom stereocenters. The van der Waals surface area contributed by atoms with Gasteiger partial charge in [0.05, 0.1) is 39.1 Å². The number of methoxy groups -OCH3 is 3. The fourth-order valence-electron chi connectivity index (χ4n) is 3.57. The molecule has 8 heteroatoms. The van der Waals surface area contributed by atoms with E-state index in [0.29, 0.717) is 47.4 Å². The summed E-state index contributed by atoms with van der Waals surface area (Å²) in [5, 5.41) is 7.63. The number of nitrogens with one attached hydrogen (secondary N) is 1. The maximum atomic E-state index is 13.2. The summed E-state index contributed by atoms with van der Waals surface area (Å²) in [6.07, 6.45) is 1.72. The monoisotopic (exact) mass is 473 g/mol. The van der Waals surface area contributed by atoms with Crippen molar-refractivity contribution in [2.24, 2.45) is 0 Å². The Bertz CT molecular complexity index is 1290. The number of nitrogens with zero attached hydrogens (tertiary/aromatic N) is 2. The lowest BCUT2D eigenvalue weighted by molar-refractivity contribution is 0.0947. The van der Waals surface area contributed by atoms with E-state index in [2.05, 4.69) is 5.32 Å². The predicted octanol–water partition coefficient (Wildman–Crippen LogP) is 4.37. The van der Waals surface area contributed by atoms with Crippen LogP contribution in [0.5, 0.6) is 23.0 Å². The number of para-hydroxylation sites is 1. The predicted molar refractivity (Wildman–Crippen MR) is 133 cm³/mol. The van der Waals surface area contributed by atoms with Gasteiger partial charge in [-0.25, -0.2) is 4.68 Å². The van der Waals surface area contributed by atoms with Crippen LogP contribution < -0.4 is 24.3 Å². The Balaban J connectivity index is 1.55. The maximum absolute atomic E-state index is 13.2. The molecule has 8 nitrogen and oxygen atoms in total. The number of amides is 1. The van der Waals surface area contributed by atoms with Crippen LogP contribution >= 0.6 is 0 Å². The van der Waals surface area contributed by atoms with Crippen LogP contribution in [-0.2, 0) is 0 Å². The van der Waals surface area contributed by atoms with E-state index in [-0.39, 0.29) is 5.91 Å². The maximum Gasteiger partial charge on any atom is 0.255 e. The second kappa shape index (κ2) is 11.1. The molecule has 3 aromatic carbocycles. The van der Waals surface area contributed by atoms with E-state index in [0.717, 1.165) is 11.3 Å². The highest BCUT2D eigenvalue weighted by atomic mass is 16.5. The Morgan fingerprint density at radius 2 is 1.63 bits per heavy atom. The average Bonchev–Trinajstić information content (AvgIpc) is 3.37. The van der Waals surface area contributed by atoms with Crippen LogP contribution in [0.4, 0.5) is 0 Å². The van der Waals surface area contributed by atoms with Crippen LogP contribution in [0.25, 0.3) is 16.9 Å². The van der Waals surface area contributed by atoms with Crippen LogP contribution in [0.15, 0.2) is 79.0 Å². The van der Waals surface area contributed by atoms with Crippen molar-refractivity contribution in [2.75, 3.05) is 34.5 Å². The molecule has 0 fully saturated rings. The number of benzene rings is 3. The molecule has 1 N–H and O–H groups in total. The Labute approximate surface area is 204 Å². The molecule has 0 atom stereocenters. The zero-order chi connectivity index (χ0) is 24.6. The van der Waals surface area contributed by atoms with Gasteiger partial charge in [-0.15, -0.1) is 0 Å². The van der Waals surface area contributed by atoms with Gasteiger partial charge >= 0.3 is 0 Å². The minimum atomic E-state index is -0.258. The summed E-state index contributed by atoms with van der Waals surface area (Å²) in [5.41, 5.74) is 2.54. The number of hydrogen-bond donors (Lipinski definition) is 1. The zero-order valence-electron chi connectivity index (χ0n) is 19.9. The van der Waals surface area contributed by atoms with Crippen LogP contribution in [0, 0.1) is 0 Å². The molecule has 4 aromatic rings. The number of hydrogen-bond acceptors (Lipinski definition) is 6. The lowest BCUT2D eigenvalue weighted by Crippen LogP contribution is -2.28. The molecule has 0 bridgehead atoms. The quantitative estimate of drug-likeness (QED) is 0.344. The van der Waals surface area contributed by atoms with Crippen molar-refractivity contribution in [3.63, 3.8) is 0 Å². The third-order valence-electron chi connectivity index (χ3n) is 5.33. The molecular formula is C27H27N3O5. The molecule has 0 radical (unpaired) electrons. The second-order valence-electron chi connectivity index (χ2n) is 7.52. The molecule has 0 saturated carbocycles. The summed E-state index contributed by atoms with van der Waals surface area (Å²) in [6.45, 7) is 0.620. The third-order valence-corrected chi connectivity index (χ3v) is 5.33. The molecule has 0 aliphatic heterocycles. The number of carbonyl (C=O) groups is 1. The first-order valence-electron chi connectivity index (χ1n) is 11.1. The fourth-order valence-corrected chi connectivity index (χ4v) is 3.57. The van der Waals surface area contributed by atoms with Gasteiger partial charge in [-0.1, -0.05) is 24.3 Å². The Morgan fingerprint density at radius 1 is 0.857 bits per heavy atom. The van der Waals surface area contributed by atoms with Crippen molar-refractivity contribution in [2.45, 2.75) is 0 Å². The Kier molecular flexibility index (Phi) is 7.52. The van der Waals surface area contributed by atoms with Gasteiger partial charge < -0.3 is 24.3 Å². The van der Waals surface area contributed by atoms with Gasteiger partial charge in [-0.3, -0.25) is 4.79 Å². The largest absolute Gasteiger partial charge is 0.497 e. The molecule has 0 aliphatic rings. The summed E-state index contributed by atoms with van der Waals surface area (Å²) < 4.78 is 23.4. The molecule has 1 aromatic heterocycles. The first-order valence-corrected chi connectivity index (χ1v) is 11.1. The first kappa shape index (κ1) is 23.7. The van der Waals surface area contributed by atoms with E-state index in [1.54, 1.807) is 50.4 Å². The van der Waals surface area contributed by atoms with Gasteiger partial charge in [0.2, 0.25) is 0 Å². The van der Waals surface area contributed by atoms with E-state index in [1.165, 1.54) is 0 Å². The summed E-state index contributed by atoms with van der Waals surface area (Å²) in [4.78, 5) is 13.2. The topological polar surface area (TPSA) is 83.8 Å². The lowest BCUT2D eigenvalue weighted by atomic mass is 10.1. The van der Waals surface area contributed by atoms with Crippen molar-refractivity contribution in [3.05, 3.63) is 84.6 Å². The van der Waals surface area contributed by atoms with E-state index in [9.17, 15) is 4.79 Å². The van der Waals surface area contributed by atoms with Crippen molar-refractivity contribution in [1.29, 1.82) is 0 Å². The smallest absolute Gasteiger partial charge is 0.255 e. The van der Waals surface area contributed by atoms with Gasteiger partial charge in [0.1, 0.15) is 23.8 Å². The lowest BCUT2D eigenvalue weighted by Gasteiger charge is -2.10. The molecule has 0 aliphatic carbocycles. The molecule has 4 rings (SSSR count). The standard InChI is InChI=1S/C27H27N3O5/c1-32-21-10-7-11-22(17-21)35-15-14-28-27(31)23-18-30(20-8-5-4-6-9-20)29-26(23)19-12-13-24(33-2)25(16-19)34-3/h4-13,16-18H,14-15H2,1-3H3,(H,28,31). The van der Waals surface area contributed by atoms with Crippen molar-refractivity contribution < 1.29 is 23.7 Å². The van der Waals surface area contributed by atoms with E-state index in [1.807, 2.05) is 54.6 Å². The summed E-state index contributed by atoms with van der Waals surface area (Å²) >= 11 is 0. The van der Waals surface area contributed by atoms with Gasteiger partial charge in [0.25, 0.3) is 5.91 Å². The number of carbonyl (C=O) groups excluding carboxylic acids is 1. The average molecular weight is 474 g/mol.